The van der Waals surface area contributed by atoms with Gasteiger partial charge in [0.2, 0.25) is 0 Å². The van der Waals surface area contributed by atoms with E-state index in [0.29, 0.717) is 0 Å². The minimum atomic E-state index is 1.06. The van der Waals surface area contributed by atoms with Crippen molar-refractivity contribution in [2.45, 2.75) is 26.7 Å². The van der Waals surface area contributed by atoms with E-state index in [0.717, 1.165) is 18.5 Å². The summed E-state index contributed by atoms with van der Waals surface area (Å²) in [7, 11) is 0. The van der Waals surface area contributed by atoms with Crippen LogP contribution in [0.3, 0.4) is 0 Å². The number of hydrogen-bond donors (Lipinski definition) is 0. The van der Waals surface area contributed by atoms with Gasteiger partial charge in [0.25, 0.3) is 0 Å². The normalized spacial score (nSPS) is 11.7. The lowest BCUT2D eigenvalue weighted by Gasteiger charge is -2.01. The van der Waals surface area contributed by atoms with Crippen molar-refractivity contribution in [2.24, 2.45) is 0 Å². The van der Waals surface area contributed by atoms with Gasteiger partial charge in [0, 0.05) is 6.20 Å². The number of allylic oxidation sites excluding steroid dienone is 2. The molecule has 0 aliphatic carbocycles. The van der Waals surface area contributed by atoms with Gasteiger partial charge in [-0.3, -0.25) is 4.98 Å². The number of pyridine rings is 1. The van der Waals surface area contributed by atoms with E-state index in [9.17, 15) is 0 Å². The van der Waals surface area contributed by atoms with Gasteiger partial charge in [-0.25, -0.2) is 0 Å². The summed E-state index contributed by atoms with van der Waals surface area (Å²) >= 11 is 0. The molecule has 1 aromatic rings. The highest BCUT2D eigenvalue weighted by molar-refractivity contribution is 5.61. The molecule has 64 valence electrons. The summed E-state index contributed by atoms with van der Waals surface area (Å²) in [5, 5.41) is 0. The zero-order valence-electron chi connectivity index (χ0n) is 7.75. The van der Waals surface area contributed by atoms with E-state index in [4.69, 9.17) is 0 Å². The predicted octanol–water partition coefficient (Wildman–Crippen LogP) is 3.29. The Morgan fingerprint density at radius 1 is 1.42 bits per heavy atom. The Balaban J connectivity index is 2.88. The van der Waals surface area contributed by atoms with E-state index in [-0.39, 0.29) is 0 Å². The highest BCUT2D eigenvalue weighted by atomic mass is 14.7. The Bertz CT molecular complexity index is 249. The zero-order valence-corrected chi connectivity index (χ0v) is 7.75. The average molecular weight is 161 g/mol. The third-order valence-electron chi connectivity index (χ3n) is 1.83. The van der Waals surface area contributed by atoms with E-state index < -0.39 is 0 Å². The molecule has 0 spiro atoms. The number of nitrogens with zero attached hydrogens (tertiary/aromatic N) is 1. The maximum Gasteiger partial charge on any atom is 0.0658 e. The van der Waals surface area contributed by atoms with Gasteiger partial charge in [-0.1, -0.05) is 26.0 Å². The van der Waals surface area contributed by atoms with Crippen molar-refractivity contribution in [3.8, 4) is 0 Å². The second-order valence-corrected chi connectivity index (χ2v) is 2.71. The van der Waals surface area contributed by atoms with Crippen LogP contribution < -0.4 is 0 Å². The first-order valence-electron chi connectivity index (χ1n) is 4.49. The minimum Gasteiger partial charge on any atom is -0.257 e. The highest BCUT2D eigenvalue weighted by Gasteiger charge is 1.96. The van der Waals surface area contributed by atoms with Crippen molar-refractivity contribution >= 4 is 5.57 Å². The summed E-state index contributed by atoms with van der Waals surface area (Å²) in [6.07, 6.45) is 6.22. The number of hydrogen-bond acceptors (Lipinski definition) is 1. The van der Waals surface area contributed by atoms with Gasteiger partial charge in [-0.05, 0) is 30.5 Å². The van der Waals surface area contributed by atoms with Gasteiger partial charge in [-0.15, -0.1) is 0 Å². The van der Waals surface area contributed by atoms with E-state index in [2.05, 4.69) is 31.0 Å². The van der Waals surface area contributed by atoms with Crippen LogP contribution in [0.2, 0.25) is 0 Å². The van der Waals surface area contributed by atoms with E-state index in [1.165, 1.54) is 5.57 Å². The van der Waals surface area contributed by atoms with Crippen LogP contribution in [-0.2, 0) is 0 Å². The molecule has 0 N–H and O–H groups in total. The molecular formula is C11H15N. The fourth-order valence-electron chi connectivity index (χ4n) is 1.23. The Kier molecular flexibility index (Phi) is 3.52. The molecule has 1 heteroatoms. The molecule has 0 atom stereocenters. The van der Waals surface area contributed by atoms with Gasteiger partial charge < -0.3 is 0 Å². The summed E-state index contributed by atoms with van der Waals surface area (Å²) in [5.41, 5.74) is 2.46. The fourth-order valence-corrected chi connectivity index (χ4v) is 1.23. The van der Waals surface area contributed by atoms with Gasteiger partial charge in [0.05, 0.1) is 5.69 Å². The first-order chi connectivity index (χ1) is 5.88. The van der Waals surface area contributed by atoms with Crippen molar-refractivity contribution in [3.05, 3.63) is 36.2 Å². The Morgan fingerprint density at radius 2 is 2.25 bits per heavy atom. The van der Waals surface area contributed by atoms with E-state index in [1.807, 2.05) is 18.3 Å². The SMILES string of the molecule is CC/C=C(\CC)c1ccccn1. The van der Waals surface area contributed by atoms with Crippen LogP contribution >= 0.6 is 0 Å². The summed E-state index contributed by atoms with van der Waals surface area (Å²) in [4.78, 5) is 4.30. The summed E-state index contributed by atoms with van der Waals surface area (Å²) in [6, 6.07) is 6.04. The van der Waals surface area contributed by atoms with Gasteiger partial charge >= 0.3 is 0 Å². The summed E-state index contributed by atoms with van der Waals surface area (Å²) in [6.45, 7) is 4.31. The second-order valence-electron chi connectivity index (χ2n) is 2.71. The smallest absolute Gasteiger partial charge is 0.0658 e. The molecular weight excluding hydrogens is 146 g/mol. The quantitative estimate of drug-likeness (QED) is 0.663. The van der Waals surface area contributed by atoms with E-state index in [1.54, 1.807) is 0 Å². The van der Waals surface area contributed by atoms with Crippen molar-refractivity contribution in [2.75, 3.05) is 0 Å². The number of rotatable bonds is 3. The van der Waals surface area contributed by atoms with Crippen LogP contribution in [0.4, 0.5) is 0 Å². The lowest BCUT2D eigenvalue weighted by molar-refractivity contribution is 1.14. The van der Waals surface area contributed by atoms with Crippen LogP contribution in [0.5, 0.6) is 0 Å². The molecule has 0 saturated carbocycles. The molecule has 0 aromatic carbocycles. The largest absolute Gasteiger partial charge is 0.257 e. The molecule has 1 nitrogen and oxygen atoms in total. The molecule has 0 aliphatic rings. The molecule has 0 fully saturated rings. The summed E-state index contributed by atoms with van der Waals surface area (Å²) < 4.78 is 0. The average Bonchev–Trinajstić information content (AvgIpc) is 2.15. The van der Waals surface area contributed by atoms with Gasteiger partial charge in [0.15, 0.2) is 0 Å². The van der Waals surface area contributed by atoms with Crippen molar-refractivity contribution < 1.29 is 0 Å². The maximum absolute atomic E-state index is 4.30. The van der Waals surface area contributed by atoms with Crippen molar-refractivity contribution in [1.82, 2.24) is 4.98 Å². The maximum atomic E-state index is 4.30. The summed E-state index contributed by atoms with van der Waals surface area (Å²) in [5.74, 6) is 0. The molecule has 0 saturated heterocycles. The molecule has 1 heterocycles. The first-order valence-corrected chi connectivity index (χ1v) is 4.49. The molecule has 0 radical (unpaired) electrons. The monoisotopic (exact) mass is 161 g/mol. The lowest BCUT2D eigenvalue weighted by Crippen LogP contribution is -1.86. The molecule has 0 bridgehead atoms. The van der Waals surface area contributed by atoms with Gasteiger partial charge in [0.1, 0.15) is 0 Å². The topological polar surface area (TPSA) is 12.9 Å². The predicted molar refractivity (Wildman–Crippen MR) is 52.8 cm³/mol. The Morgan fingerprint density at radius 3 is 2.75 bits per heavy atom. The fraction of sp³-hybridized carbons (Fsp3) is 0.364. The Hall–Kier alpha value is -1.11. The standard InChI is InChI=1S/C11H15N/c1-3-7-10(4-2)11-8-5-6-9-12-11/h5-9H,3-4H2,1-2H3/b10-7+. The van der Waals surface area contributed by atoms with Crippen LogP contribution in [0, 0.1) is 0 Å². The van der Waals surface area contributed by atoms with Gasteiger partial charge in [-0.2, -0.15) is 0 Å². The molecule has 0 amide bonds. The highest BCUT2D eigenvalue weighted by Crippen LogP contribution is 2.15. The second kappa shape index (κ2) is 4.70. The van der Waals surface area contributed by atoms with Crippen molar-refractivity contribution in [3.63, 3.8) is 0 Å². The Labute approximate surface area is 74.2 Å². The van der Waals surface area contributed by atoms with Crippen LogP contribution in [0.25, 0.3) is 5.57 Å². The third-order valence-corrected chi connectivity index (χ3v) is 1.83. The number of aromatic nitrogens is 1. The van der Waals surface area contributed by atoms with Crippen molar-refractivity contribution in [1.29, 1.82) is 0 Å². The van der Waals surface area contributed by atoms with E-state index >= 15 is 0 Å². The van der Waals surface area contributed by atoms with Crippen LogP contribution in [-0.4, -0.2) is 4.98 Å². The lowest BCUT2D eigenvalue weighted by atomic mass is 10.1. The minimum absolute atomic E-state index is 1.06. The van der Waals surface area contributed by atoms with Crippen LogP contribution in [0.15, 0.2) is 30.5 Å². The zero-order chi connectivity index (χ0) is 8.81. The molecule has 0 aliphatic heterocycles. The first kappa shape index (κ1) is 8.98. The van der Waals surface area contributed by atoms with Crippen LogP contribution in [0.1, 0.15) is 32.4 Å². The molecule has 12 heavy (non-hydrogen) atoms. The molecule has 1 rings (SSSR count). The molecule has 1 aromatic heterocycles. The third kappa shape index (κ3) is 2.19. The molecule has 0 unspecified atom stereocenters.